The lowest BCUT2D eigenvalue weighted by Gasteiger charge is -2.19. The van der Waals surface area contributed by atoms with E-state index >= 15 is 0 Å². The third kappa shape index (κ3) is 4.41. The van der Waals surface area contributed by atoms with Gasteiger partial charge in [0.25, 0.3) is 5.91 Å². The van der Waals surface area contributed by atoms with Gasteiger partial charge in [-0.05, 0) is 44.2 Å². The van der Waals surface area contributed by atoms with Gasteiger partial charge in [-0.15, -0.1) is 21.5 Å². The van der Waals surface area contributed by atoms with Crippen LogP contribution < -0.4 is 5.32 Å². The van der Waals surface area contributed by atoms with Crippen LogP contribution in [0.4, 0.5) is 8.78 Å². The van der Waals surface area contributed by atoms with Crippen LogP contribution in [-0.4, -0.2) is 38.7 Å². The predicted molar refractivity (Wildman–Crippen MR) is 110 cm³/mol. The average Bonchev–Trinajstić information content (AvgIpc) is 3.26. The van der Waals surface area contributed by atoms with E-state index < -0.39 is 23.6 Å². The molecule has 30 heavy (non-hydrogen) atoms. The predicted octanol–water partition coefficient (Wildman–Crippen LogP) is 3.48. The molecule has 0 saturated carbocycles. The van der Waals surface area contributed by atoms with Crippen molar-refractivity contribution in [1.29, 1.82) is 0 Å². The van der Waals surface area contributed by atoms with E-state index in [1.54, 1.807) is 6.92 Å². The van der Waals surface area contributed by atoms with Crippen LogP contribution in [0.3, 0.4) is 0 Å². The van der Waals surface area contributed by atoms with Crippen LogP contribution >= 0.6 is 11.3 Å². The highest BCUT2D eigenvalue weighted by Gasteiger charge is 2.24. The first-order chi connectivity index (χ1) is 14.4. The van der Waals surface area contributed by atoms with Crippen LogP contribution in [-0.2, 0) is 19.5 Å². The first kappa shape index (κ1) is 20.6. The van der Waals surface area contributed by atoms with E-state index in [-0.39, 0.29) is 5.56 Å². The maximum atomic E-state index is 13.9. The number of carbonyl (C=O) groups excluding carboxylic acids is 1. The van der Waals surface area contributed by atoms with Crippen LogP contribution in [0.1, 0.15) is 44.7 Å². The van der Waals surface area contributed by atoms with Gasteiger partial charge in [0.05, 0.1) is 11.6 Å². The van der Waals surface area contributed by atoms with Gasteiger partial charge in [-0.2, -0.15) is 0 Å². The zero-order valence-corrected chi connectivity index (χ0v) is 17.7. The Labute approximate surface area is 177 Å². The van der Waals surface area contributed by atoms with Crippen LogP contribution in [0.15, 0.2) is 30.3 Å². The number of aromatic nitrogens is 3. The Balaban J connectivity index is 1.44. The lowest BCUT2D eigenvalue weighted by atomic mass is 10.1. The standard InChI is InChI=1S/C21H23F2N5OS/c1-13-3-5-16(30-13)12-27-8-7-19-25-26-20(28(19)10-9-27)14(2)24-21(29)17-11-15(22)4-6-18(17)23/h3-6,11,14H,7-10,12H2,1-2H3,(H,24,29)/t14-/m0/s1. The summed E-state index contributed by atoms with van der Waals surface area (Å²) in [4.78, 5) is 17.5. The van der Waals surface area contributed by atoms with E-state index in [4.69, 9.17) is 0 Å². The summed E-state index contributed by atoms with van der Waals surface area (Å²) in [6.07, 6.45) is 0.760. The Morgan fingerprint density at radius 1 is 1.20 bits per heavy atom. The summed E-state index contributed by atoms with van der Waals surface area (Å²) in [6, 6.07) is 6.63. The molecule has 2 aromatic heterocycles. The van der Waals surface area contributed by atoms with E-state index in [1.165, 1.54) is 9.75 Å². The molecule has 0 saturated heterocycles. The van der Waals surface area contributed by atoms with Gasteiger partial charge in [0.1, 0.15) is 17.5 Å². The Kier molecular flexibility index (Phi) is 5.92. The smallest absolute Gasteiger partial charge is 0.254 e. The van der Waals surface area contributed by atoms with Gasteiger partial charge in [0.15, 0.2) is 5.82 Å². The third-order valence-corrected chi connectivity index (χ3v) is 6.22. The Morgan fingerprint density at radius 3 is 2.80 bits per heavy atom. The molecular weight excluding hydrogens is 408 g/mol. The fraction of sp³-hybridized carbons (Fsp3) is 0.381. The Hall–Kier alpha value is -2.65. The normalized spacial score (nSPS) is 15.5. The summed E-state index contributed by atoms with van der Waals surface area (Å²) in [5, 5.41) is 11.3. The molecule has 1 N–H and O–H groups in total. The number of amides is 1. The summed E-state index contributed by atoms with van der Waals surface area (Å²) >= 11 is 1.81. The monoisotopic (exact) mass is 431 g/mol. The number of rotatable bonds is 5. The highest BCUT2D eigenvalue weighted by atomic mass is 32.1. The van der Waals surface area contributed by atoms with Gasteiger partial charge < -0.3 is 9.88 Å². The number of benzene rings is 1. The molecule has 6 nitrogen and oxygen atoms in total. The highest BCUT2D eigenvalue weighted by Crippen LogP contribution is 2.20. The number of carbonyl (C=O) groups is 1. The summed E-state index contributed by atoms with van der Waals surface area (Å²) in [5.74, 6) is -0.621. The molecule has 0 fully saturated rings. The molecule has 1 aromatic carbocycles. The quantitative estimate of drug-likeness (QED) is 0.672. The summed E-state index contributed by atoms with van der Waals surface area (Å²) in [6.45, 7) is 7.20. The maximum absolute atomic E-state index is 13.9. The molecule has 1 atom stereocenters. The lowest BCUT2D eigenvalue weighted by molar-refractivity contribution is 0.0933. The van der Waals surface area contributed by atoms with Gasteiger partial charge >= 0.3 is 0 Å². The maximum Gasteiger partial charge on any atom is 0.254 e. The molecule has 3 aromatic rings. The van der Waals surface area contributed by atoms with Gasteiger partial charge in [0, 0.05) is 42.4 Å². The first-order valence-corrected chi connectivity index (χ1v) is 10.7. The van der Waals surface area contributed by atoms with Gasteiger partial charge in [-0.25, -0.2) is 8.78 Å². The average molecular weight is 432 g/mol. The van der Waals surface area contributed by atoms with Crippen molar-refractivity contribution in [3.05, 3.63) is 68.9 Å². The number of aryl methyl sites for hydroxylation is 1. The van der Waals surface area contributed by atoms with E-state index in [2.05, 4.69) is 39.5 Å². The molecule has 158 valence electrons. The molecule has 0 unspecified atom stereocenters. The number of halogens is 2. The summed E-state index contributed by atoms with van der Waals surface area (Å²) in [7, 11) is 0. The van der Waals surface area contributed by atoms with Crippen molar-refractivity contribution < 1.29 is 13.6 Å². The summed E-state index contributed by atoms with van der Waals surface area (Å²) < 4.78 is 29.3. The molecule has 0 spiro atoms. The molecule has 4 rings (SSSR count). The number of nitrogens with one attached hydrogen (secondary N) is 1. The van der Waals surface area contributed by atoms with Crippen molar-refractivity contribution in [3.63, 3.8) is 0 Å². The SMILES string of the molecule is Cc1ccc(CN2CCc3nnc([C@H](C)NC(=O)c4cc(F)ccc4F)n3CC2)s1. The van der Waals surface area contributed by atoms with E-state index in [1.807, 2.05) is 15.9 Å². The molecule has 0 bridgehead atoms. The van der Waals surface area contributed by atoms with Crippen molar-refractivity contribution in [2.24, 2.45) is 0 Å². The zero-order chi connectivity index (χ0) is 21.3. The van der Waals surface area contributed by atoms with Crippen molar-refractivity contribution >= 4 is 17.2 Å². The van der Waals surface area contributed by atoms with Crippen molar-refractivity contribution in [2.75, 3.05) is 13.1 Å². The number of fused-ring (bicyclic) bond motifs is 1. The molecule has 0 aliphatic carbocycles. The van der Waals surface area contributed by atoms with Crippen LogP contribution in [0.25, 0.3) is 0 Å². The van der Waals surface area contributed by atoms with Crippen LogP contribution in [0, 0.1) is 18.6 Å². The van der Waals surface area contributed by atoms with Crippen molar-refractivity contribution in [3.8, 4) is 0 Å². The molecule has 1 amide bonds. The van der Waals surface area contributed by atoms with Gasteiger partial charge in [-0.3, -0.25) is 9.69 Å². The summed E-state index contributed by atoms with van der Waals surface area (Å²) in [5.41, 5.74) is -0.324. The zero-order valence-electron chi connectivity index (χ0n) is 16.9. The molecule has 3 heterocycles. The van der Waals surface area contributed by atoms with Crippen molar-refractivity contribution in [2.45, 2.75) is 39.4 Å². The van der Waals surface area contributed by atoms with E-state index in [0.29, 0.717) is 12.4 Å². The number of thiophene rings is 1. The molecule has 1 aliphatic heterocycles. The highest BCUT2D eigenvalue weighted by molar-refractivity contribution is 7.11. The van der Waals surface area contributed by atoms with Gasteiger partial charge in [-0.1, -0.05) is 0 Å². The van der Waals surface area contributed by atoms with Gasteiger partial charge in [0.2, 0.25) is 0 Å². The third-order valence-electron chi connectivity index (χ3n) is 5.23. The van der Waals surface area contributed by atoms with E-state index in [9.17, 15) is 13.6 Å². The van der Waals surface area contributed by atoms with E-state index in [0.717, 1.165) is 50.1 Å². The minimum absolute atomic E-state index is 0.324. The number of nitrogens with zero attached hydrogens (tertiary/aromatic N) is 4. The second-order valence-electron chi connectivity index (χ2n) is 7.48. The Morgan fingerprint density at radius 2 is 2.03 bits per heavy atom. The molecule has 1 aliphatic rings. The minimum atomic E-state index is -0.763. The van der Waals surface area contributed by atoms with Crippen LogP contribution in [0.2, 0.25) is 0 Å². The topological polar surface area (TPSA) is 63.1 Å². The fourth-order valence-electron chi connectivity index (χ4n) is 3.67. The Bertz CT molecular complexity index is 1060. The largest absolute Gasteiger partial charge is 0.342 e. The fourth-order valence-corrected chi connectivity index (χ4v) is 4.60. The molecule has 0 radical (unpaired) electrons. The number of hydrogen-bond donors (Lipinski definition) is 1. The second-order valence-corrected chi connectivity index (χ2v) is 8.86. The van der Waals surface area contributed by atoms with Crippen molar-refractivity contribution in [1.82, 2.24) is 25.0 Å². The first-order valence-electron chi connectivity index (χ1n) is 9.86. The minimum Gasteiger partial charge on any atom is -0.342 e. The molecular formula is C21H23F2N5OS. The molecule has 9 heteroatoms. The number of hydrogen-bond acceptors (Lipinski definition) is 5. The second kappa shape index (κ2) is 8.61. The van der Waals surface area contributed by atoms with Crippen LogP contribution in [0.5, 0.6) is 0 Å². The lowest BCUT2D eigenvalue weighted by Crippen LogP contribution is -2.30.